The number of carbonyl (C=O) groups is 1. The third kappa shape index (κ3) is 9.43. The molecule has 0 radical (unpaired) electrons. The summed E-state index contributed by atoms with van der Waals surface area (Å²) in [5.41, 5.74) is 1.17. The van der Waals surface area contributed by atoms with Gasteiger partial charge in [0.05, 0.1) is 0 Å². The van der Waals surface area contributed by atoms with E-state index in [1.165, 1.54) is 56.9 Å². The van der Waals surface area contributed by atoms with Crippen molar-refractivity contribution in [3.05, 3.63) is 35.9 Å². The normalized spacial score (nSPS) is 13.5. The third-order valence-electron chi connectivity index (χ3n) is 4.50. The van der Waals surface area contributed by atoms with Crippen LogP contribution in [-0.2, 0) is 11.2 Å². The van der Waals surface area contributed by atoms with Crippen molar-refractivity contribution < 1.29 is 4.79 Å². The highest BCUT2D eigenvalue weighted by molar-refractivity contribution is 5.73. The Bertz CT molecular complexity index is 429. The molecule has 1 aromatic rings. The van der Waals surface area contributed by atoms with E-state index in [0.717, 1.165) is 12.8 Å². The predicted octanol–water partition coefficient (Wildman–Crippen LogP) is 5.65. The monoisotopic (exact) mass is 317 g/mol. The lowest BCUT2D eigenvalue weighted by atomic mass is 9.87. The second-order valence-electron chi connectivity index (χ2n) is 7.13. The van der Waals surface area contributed by atoms with E-state index in [1.807, 2.05) is 6.07 Å². The van der Waals surface area contributed by atoms with Crippen LogP contribution in [0, 0.1) is 0 Å². The number of unbranched alkanes of at least 4 members (excludes halogenated alkanes) is 7. The van der Waals surface area contributed by atoms with Gasteiger partial charge in [0, 0.05) is 12.5 Å². The quantitative estimate of drug-likeness (QED) is 0.495. The van der Waals surface area contributed by atoms with Gasteiger partial charge >= 0.3 is 0 Å². The van der Waals surface area contributed by atoms with Crippen molar-refractivity contribution in [1.82, 2.24) is 5.32 Å². The smallest absolute Gasteiger partial charge is 0.217 e. The highest BCUT2D eigenvalue weighted by Gasteiger charge is 2.24. The van der Waals surface area contributed by atoms with Crippen molar-refractivity contribution in [3.63, 3.8) is 0 Å². The van der Waals surface area contributed by atoms with Gasteiger partial charge in [0.2, 0.25) is 5.91 Å². The minimum Gasteiger partial charge on any atom is -0.351 e. The summed E-state index contributed by atoms with van der Waals surface area (Å²) in [5.74, 6) is 0.0722. The van der Waals surface area contributed by atoms with Gasteiger partial charge in [-0.3, -0.25) is 4.79 Å². The van der Waals surface area contributed by atoms with Crippen LogP contribution in [0.1, 0.15) is 84.1 Å². The molecule has 1 rings (SSSR count). The summed E-state index contributed by atoms with van der Waals surface area (Å²) in [6, 6.07) is 10.5. The molecule has 130 valence electrons. The van der Waals surface area contributed by atoms with Crippen molar-refractivity contribution in [1.29, 1.82) is 0 Å². The molecule has 1 atom stereocenters. The summed E-state index contributed by atoms with van der Waals surface area (Å²) in [6.07, 6.45) is 12.6. The number of carbonyl (C=O) groups excluding carboxylic acids is 1. The second kappa shape index (κ2) is 11.3. The summed E-state index contributed by atoms with van der Waals surface area (Å²) < 4.78 is 0. The fourth-order valence-corrected chi connectivity index (χ4v) is 3.32. The SMILES string of the molecule is CCCCCCCCCC[C@](C)(Cc1ccccc1)NC(C)=O. The fourth-order valence-electron chi connectivity index (χ4n) is 3.32. The van der Waals surface area contributed by atoms with Crippen LogP contribution in [-0.4, -0.2) is 11.4 Å². The van der Waals surface area contributed by atoms with Crippen molar-refractivity contribution in [2.75, 3.05) is 0 Å². The summed E-state index contributed by atoms with van der Waals surface area (Å²) in [6.45, 7) is 6.06. The maximum absolute atomic E-state index is 11.6. The number of amides is 1. The Balaban J connectivity index is 2.34. The minimum absolute atomic E-state index is 0.0722. The van der Waals surface area contributed by atoms with E-state index < -0.39 is 0 Å². The lowest BCUT2D eigenvalue weighted by Gasteiger charge is -2.31. The van der Waals surface area contributed by atoms with E-state index in [0.29, 0.717) is 0 Å². The van der Waals surface area contributed by atoms with Gasteiger partial charge < -0.3 is 5.32 Å². The van der Waals surface area contributed by atoms with Crippen molar-refractivity contribution >= 4 is 5.91 Å². The maximum Gasteiger partial charge on any atom is 0.217 e. The van der Waals surface area contributed by atoms with Gasteiger partial charge in [-0.05, 0) is 25.3 Å². The first-order valence-corrected chi connectivity index (χ1v) is 9.38. The van der Waals surface area contributed by atoms with Gasteiger partial charge in [0.25, 0.3) is 0 Å². The number of rotatable bonds is 12. The van der Waals surface area contributed by atoms with E-state index in [9.17, 15) is 4.79 Å². The average molecular weight is 318 g/mol. The standard InChI is InChI=1S/C21H35NO/c1-4-5-6-7-8-9-10-14-17-21(3,22-19(2)23)18-20-15-12-11-13-16-20/h11-13,15-16H,4-10,14,17-18H2,1-3H3,(H,22,23)/t21-/m1/s1. The highest BCUT2D eigenvalue weighted by atomic mass is 16.1. The van der Waals surface area contributed by atoms with Gasteiger partial charge in [-0.15, -0.1) is 0 Å². The van der Waals surface area contributed by atoms with Crippen LogP contribution in [0.4, 0.5) is 0 Å². The zero-order chi connectivity index (χ0) is 17.0. The Morgan fingerprint density at radius 3 is 2.09 bits per heavy atom. The van der Waals surface area contributed by atoms with Crippen LogP contribution in [0.15, 0.2) is 30.3 Å². The van der Waals surface area contributed by atoms with Crippen LogP contribution in [0.25, 0.3) is 0 Å². The lowest BCUT2D eigenvalue weighted by molar-refractivity contribution is -0.120. The van der Waals surface area contributed by atoms with Gasteiger partial charge in [-0.25, -0.2) is 0 Å². The summed E-state index contributed by atoms with van der Waals surface area (Å²) in [7, 11) is 0. The molecule has 0 aliphatic rings. The van der Waals surface area contributed by atoms with E-state index >= 15 is 0 Å². The van der Waals surface area contributed by atoms with E-state index in [4.69, 9.17) is 0 Å². The minimum atomic E-state index is -0.130. The summed E-state index contributed by atoms with van der Waals surface area (Å²) in [4.78, 5) is 11.6. The Morgan fingerprint density at radius 2 is 1.52 bits per heavy atom. The number of hydrogen-bond donors (Lipinski definition) is 1. The molecule has 0 saturated carbocycles. The van der Waals surface area contributed by atoms with Gasteiger partial charge in [-0.1, -0.05) is 88.6 Å². The van der Waals surface area contributed by atoms with Crippen LogP contribution in [0.5, 0.6) is 0 Å². The summed E-state index contributed by atoms with van der Waals surface area (Å²) in [5, 5.41) is 3.18. The molecular formula is C21H35NO. The molecule has 2 nitrogen and oxygen atoms in total. The number of benzene rings is 1. The molecule has 0 aliphatic heterocycles. The Morgan fingerprint density at radius 1 is 0.957 bits per heavy atom. The zero-order valence-corrected chi connectivity index (χ0v) is 15.4. The molecule has 0 saturated heterocycles. The predicted molar refractivity (Wildman–Crippen MR) is 99.6 cm³/mol. The maximum atomic E-state index is 11.6. The van der Waals surface area contributed by atoms with E-state index in [2.05, 4.69) is 43.4 Å². The first-order chi connectivity index (χ1) is 11.1. The van der Waals surface area contributed by atoms with Crippen molar-refractivity contribution in [2.24, 2.45) is 0 Å². The number of hydrogen-bond acceptors (Lipinski definition) is 1. The van der Waals surface area contributed by atoms with Crippen molar-refractivity contribution in [2.45, 2.75) is 90.5 Å². The molecule has 0 aliphatic carbocycles. The lowest BCUT2D eigenvalue weighted by Crippen LogP contribution is -2.46. The van der Waals surface area contributed by atoms with Crippen molar-refractivity contribution in [3.8, 4) is 0 Å². The fraction of sp³-hybridized carbons (Fsp3) is 0.667. The third-order valence-corrected chi connectivity index (χ3v) is 4.50. The molecule has 0 bridgehead atoms. The molecule has 0 aromatic heterocycles. The molecule has 0 spiro atoms. The zero-order valence-electron chi connectivity index (χ0n) is 15.4. The first kappa shape index (κ1) is 19.7. The van der Waals surface area contributed by atoms with Crippen LogP contribution in [0.2, 0.25) is 0 Å². The molecule has 0 heterocycles. The molecule has 1 N–H and O–H groups in total. The van der Waals surface area contributed by atoms with Gasteiger partial charge in [0.1, 0.15) is 0 Å². The number of nitrogens with one attached hydrogen (secondary N) is 1. The first-order valence-electron chi connectivity index (χ1n) is 9.38. The Labute approximate surface area is 143 Å². The van der Waals surface area contributed by atoms with Gasteiger partial charge in [-0.2, -0.15) is 0 Å². The Kier molecular flexibility index (Phi) is 9.66. The molecule has 1 amide bonds. The molecule has 2 heteroatoms. The van der Waals surface area contributed by atoms with E-state index in [1.54, 1.807) is 6.92 Å². The molecule has 1 aromatic carbocycles. The van der Waals surface area contributed by atoms with E-state index in [-0.39, 0.29) is 11.4 Å². The van der Waals surface area contributed by atoms with Crippen LogP contribution in [0.3, 0.4) is 0 Å². The molecule has 23 heavy (non-hydrogen) atoms. The molecule has 0 fully saturated rings. The molecule has 0 unspecified atom stereocenters. The summed E-state index contributed by atoms with van der Waals surface area (Å²) >= 11 is 0. The topological polar surface area (TPSA) is 29.1 Å². The average Bonchev–Trinajstić information content (AvgIpc) is 2.50. The second-order valence-corrected chi connectivity index (χ2v) is 7.13. The largest absolute Gasteiger partial charge is 0.351 e. The molecular weight excluding hydrogens is 282 g/mol. The highest BCUT2D eigenvalue weighted by Crippen LogP contribution is 2.21. The van der Waals surface area contributed by atoms with Crippen LogP contribution < -0.4 is 5.32 Å². The Hall–Kier alpha value is -1.31. The van der Waals surface area contributed by atoms with Gasteiger partial charge in [0.15, 0.2) is 0 Å². The van der Waals surface area contributed by atoms with Crippen LogP contribution >= 0.6 is 0 Å².